The van der Waals surface area contributed by atoms with Gasteiger partial charge in [0.25, 0.3) is 0 Å². The van der Waals surface area contributed by atoms with Crippen molar-refractivity contribution in [1.82, 2.24) is 9.47 Å². The van der Waals surface area contributed by atoms with Crippen LogP contribution < -0.4 is 0 Å². The number of carbonyl (C=O) groups is 3. The van der Waals surface area contributed by atoms with E-state index >= 15 is 0 Å². The molecule has 188 valence electrons. The standard InChI is InChI=1S/C28H30N2O5S/c1-5-34-26(32)25-24-20-16-29(27(33)35-6-2)22-14-10-11-18(23(20)22)15-21(24)28(4,30(25)17(3)31)36-19-12-8-7-9-13-19/h7-14,16,21,24-25H,5-6,15H2,1-4H3/t21-,24+,25+,28?/m1/s1. The summed E-state index contributed by atoms with van der Waals surface area (Å²) in [4.78, 5) is 41.6. The van der Waals surface area contributed by atoms with Gasteiger partial charge in [-0.15, -0.1) is 0 Å². The Hall–Kier alpha value is -3.26. The van der Waals surface area contributed by atoms with Crippen molar-refractivity contribution in [1.29, 1.82) is 0 Å². The van der Waals surface area contributed by atoms with Gasteiger partial charge in [-0.05, 0) is 56.5 Å². The molecule has 8 heteroatoms. The number of fused-ring (bicyclic) bond motifs is 2. The lowest BCUT2D eigenvalue weighted by molar-refractivity contribution is -0.154. The van der Waals surface area contributed by atoms with Crippen LogP contribution in [-0.2, 0) is 25.5 Å². The summed E-state index contributed by atoms with van der Waals surface area (Å²) in [5.41, 5.74) is 2.73. The first-order chi connectivity index (χ1) is 17.3. The molecule has 1 unspecified atom stereocenters. The van der Waals surface area contributed by atoms with Gasteiger partial charge >= 0.3 is 12.1 Å². The highest BCUT2D eigenvalue weighted by atomic mass is 32.2. The second-order valence-corrected chi connectivity index (χ2v) is 10.9. The van der Waals surface area contributed by atoms with E-state index in [2.05, 4.69) is 13.0 Å². The fourth-order valence-corrected chi connectivity index (χ4v) is 7.60. The second kappa shape index (κ2) is 9.32. The van der Waals surface area contributed by atoms with Gasteiger partial charge in [-0.2, -0.15) is 0 Å². The highest BCUT2D eigenvalue weighted by Crippen LogP contribution is 2.60. The molecule has 3 aromatic rings. The first kappa shape index (κ1) is 24.4. The number of likely N-dealkylation sites (tertiary alicyclic amines) is 1. The Labute approximate surface area is 214 Å². The zero-order chi connectivity index (χ0) is 25.6. The zero-order valence-corrected chi connectivity index (χ0v) is 21.7. The SMILES string of the molecule is CCOC(=O)[C@@H]1[C@H]2c3cn(C(=O)OCC)c4cccc(c34)C[C@H]2C(C)(Sc2ccccc2)N1C(C)=O. The van der Waals surface area contributed by atoms with Gasteiger partial charge in [0, 0.05) is 35.2 Å². The van der Waals surface area contributed by atoms with Crippen LogP contribution in [0, 0.1) is 5.92 Å². The molecule has 0 bridgehead atoms. The zero-order valence-electron chi connectivity index (χ0n) is 20.9. The smallest absolute Gasteiger partial charge is 0.418 e. The molecule has 36 heavy (non-hydrogen) atoms. The van der Waals surface area contributed by atoms with Crippen LogP contribution in [0.5, 0.6) is 0 Å². The highest BCUT2D eigenvalue weighted by Gasteiger charge is 2.62. The number of rotatable bonds is 5. The first-order valence-electron chi connectivity index (χ1n) is 12.3. The monoisotopic (exact) mass is 506 g/mol. The number of hydrogen-bond acceptors (Lipinski definition) is 6. The van der Waals surface area contributed by atoms with E-state index < -0.39 is 23.0 Å². The first-order valence-corrected chi connectivity index (χ1v) is 13.1. The molecular weight excluding hydrogens is 476 g/mol. The third-order valence-corrected chi connectivity index (χ3v) is 8.78. The maximum Gasteiger partial charge on any atom is 0.418 e. The van der Waals surface area contributed by atoms with Crippen molar-refractivity contribution >= 4 is 40.6 Å². The molecule has 0 N–H and O–H groups in total. The number of carbonyl (C=O) groups excluding carboxylic acids is 3. The molecule has 0 saturated carbocycles. The molecule has 2 heterocycles. The van der Waals surface area contributed by atoms with Gasteiger partial charge in [0.1, 0.15) is 6.04 Å². The second-order valence-electron chi connectivity index (χ2n) is 9.36. The summed E-state index contributed by atoms with van der Waals surface area (Å²) in [5, 5.41) is 0.957. The lowest BCUT2D eigenvalue weighted by atomic mass is 9.73. The van der Waals surface area contributed by atoms with E-state index in [9.17, 15) is 14.4 Å². The summed E-state index contributed by atoms with van der Waals surface area (Å²) in [6.07, 6.45) is 2.00. The quantitative estimate of drug-likeness (QED) is 0.443. The maximum atomic E-state index is 13.5. The predicted molar refractivity (Wildman–Crippen MR) is 138 cm³/mol. The topological polar surface area (TPSA) is 77.8 Å². The van der Waals surface area contributed by atoms with Crippen molar-refractivity contribution in [3.05, 3.63) is 65.9 Å². The average Bonchev–Trinajstić information content (AvgIpc) is 3.35. The highest BCUT2D eigenvalue weighted by molar-refractivity contribution is 8.00. The molecule has 0 radical (unpaired) electrons. The van der Waals surface area contributed by atoms with Crippen LogP contribution in [0.3, 0.4) is 0 Å². The Morgan fingerprint density at radius 3 is 2.42 bits per heavy atom. The summed E-state index contributed by atoms with van der Waals surface area (Å²) < 4.78 is 12.4. The van der Waals surface area contributed by atoms with Crippen LogP contribution in [0.1, 0.15) is 44.7 Å². The Morgan fingerprint density at radius 1 is 1.03 bits per heavy atom. The molecule has 2 aromatic carbocycles. The van der Waals surface area contributed by atoms with Crippen LogP contribution in [0.15, 0.2) is 59.6 Å². The van der Waals surface area contributed by atoms with Gasteiger partial charge in [0.05, 0.1) is 23.6 Å². The third-order valence-electron chi connectivity index (χ3n) is 7.36. The Morgan fingerprint density at radius 2 is 1.75 bits per heavy atom. The molecule has 2 aliphatic rings. The number of benzene rings is 2. The Kier molecular flexibility index (Phi) is 6.32. The minimum atomic E-state index is -0.803. The van der Waals surface area contributed by atoms with E-state index in [1.165, 1.54) is 11.5 Å². The summed E-state index contributed by atoms with van der Waals surface area (Å²) >= 11 is 1.60. The van der Waals surface area contributed by atoms with Crippen molar-refractivity contribution in [3.8, 4) is 0 Å². The fraction of sp³-hybridized carbons (Fsp3) is 0.393. The number of aromatic nitrogens is 1. The van der Waals surface area contributed by atoms with Crippen LogP contribution in [0.4, 0.5) is 4.79 Å². The van der Waals surface area contributed by atoms with E-state index in [1.54, 1.807) is 36.7 Å². The third kappa shape index (κ3) is 3.70. The predicted octanol–water partition coefficient (Wildman–Crippen LogP) is 5.20. The lowest BCUT2D eigenvalue weighted by Gasteiger charge is -2.40. The van der Waals surface area contributed by atoms with Crippen LogP contribution >= 0.6 is 11.8 Å². The summed E-state index contributed by atoms with van der Waals surface area (Å²) in [5.74, 6) is -1.02. The minimum Gasteiger partial charge on any atom is -0.464 e. The van der Waals surface area contributed by atoms with Crippen molar-refractivity contribution in [2.24, 2.45) is 5.92 Å². The van der Waals surface area contributed by atoms with Gasteiger partial charge in [-0.3, -0.25) is 9.36 Å². The number of thioether (sulfide) groups is 1. The van der Waals surface area contributed by atoms with E-state index in [1.807, 2.05) is 42.5 Å². The van der Waals surface area contributed by atoms with E-state index in [4.69, 9.17) is 9.47 Å². The van der Waals surface area contributed by atoms with Gasteiger partial charge in [0.15, 0.2) is 0 Å². The largest absolute Gasteiger partial charge is 0.464 e. The molecule has 1 saturated heterocycles. The summed E-state index contributed by atoms with van der Waals surface area (Å²) in [6, 6.07) is 15.1. The fourth-order valence-electron chi connectivity index (χ4n) is 6.11. The number of ether oxygens (including phenoxy) is 2. The van der Waals surface area contributed by atoms with Crippen molar-refractivity contribution in [2.75, 3.05) is 13.2 Å². The van der Waals surface area contributed by atoms with Crippen molar-refractivity contribution in [3.63, 3.8) is 0 Å². The number of esters is 1. The normalized spacial score (nSPS) is 24.4. The van der Waals surface area contributed by atoms with Crippen molar-refractivity contribution < 1.29 is 23.9 Å². The van der Waals surface area contributed by atoms with Crippen molar-refractivity contribution in [2.45, 2.75) is 55.8 Å². The molecule has 1 amide bonds. The molecule has 1 aliphatic carbocycles. The minimum absolute atomic E-state index is 0.0860. The van der Waals surface area contributed by atoms with Gasteiger partial charge < -0.3 is 14.4 Å². The Bertz CT molecular complexity index is 1340. The molecule has 0 spiro atoms. The molecule has 7 nitrogen and oxygen atoms in total. The van der Waals surface area contributed by atoms with Gasteiger partial charge in [-0.25, -0.2) is 9.59 Å². The molecule has 4 atom stereocenters. The van der Waals surface area contributed by atoms with Crippen LogP contribution in [0.25, 0.3) is 10.9 Å². The van der Waals surface area contributed by atoms with E-state index in [0.29, 0.717) is 6.42 Å². The Balaban J connectivity index is 1.73. The molecule has 5 rings (SSSR count). The lowest BCUT2D eigenvalue weighted by Crippen LogP contribution is -2.51. The van der Waals surface area contributed by atoms with Crippen LogP contribution in [0.2, 0.25) is 0 Å². The average molecular weight is 507 g/mol. The molecule has 1 aromatic heterocycles. The number of amides is 1. The summed E-state index contributed by atoms with van der Waals surface area (Å²) in [6.45, 7) is 7.59. The van der Waals surface area contributed by atoms with Gasteiger partial charge in [-0.1, -0.05) is 42.1 Å². The number of nitrogens with zero attached hydrogens (tertiary/aromatic N) is 2. The van der Waals surface area contributed by atoms with E-state index in [0.717, 1.165) is 26.9 Å². The number of hydrogen-bond donors (Lipinski definition) is 0. The van der Waals surface area contributed by atoms with E-state index in [-0.39, 0.29) is 31.0 Å². The molecular formula is C28H30N2O5S. The molecule has 1 aliphatic heterocycles. The maximum absolute atomic E-state index is 13.5. The summed E-state index contributed by atoms with van der Waals surface area (Å²) in [7, 11) is 0. The molecule has 1 fully saturated rings. The van der Waals surface area contributed by atoms with Crippen LogP contribution in [-0.4, -0.2) is 51.6 Å². The van der Waals surface area contributed by atoms with Gasteiger partial charge in [0.2, 0.25) is 5.91 Å².